The van der Waals surface area contributed by atoms with Crippen molar-refractivity contribution in [2.75, 3.05) is 13.1 Å². The zero-order chi connectivity index (χ0) is 16.1. The second-order valence-electron chi connectivity index (χ2n) is 5.37. The standard InChI is InChI=1S/C15H18Cl2N2O3/c16-10-4-5-11(12(17)6-10)15(22)19-8-14(21)18-7-9-2-1-3-13(9)20/h4-6,9,13,20H,1-3,7-8H2,(H,18,21)(H,19,22)/t9-,13+/m1/s1. The summed E-state index contributed by atoms with van der Waals surface area (Å²) in [4.78, 5) is 23.7. The van der Waals surface area contributed by atoms with Crippen LogP contribution in [-0.4, -0.2) is 36.1 Å². The van der Waals surface area contributed by atoms with Gasteiger partial charge in [-0.05, 0) is 31.0 Å². The van der Waals surface area contributed by atoms with E-state index in [0.717, 1.165) is 19.3 Å². The molecule has 1 fully saturated rings. The zero-order valence-corrected chi connectivity index (χ0v) is 13.5. The number of rotatable bonds is 5. The molecule has 0 heterocycles. The fourth-order valence-corrected chi connectivity index (χ4v) is 2.99. The number of amides is 2. The summed E-state index contributed by atoms with van der Waals surface area (Å²) in [6, 6.07) is 4.54. The van der Waals surface area contributed by atoms with Crippen LogP contribution in [0.2, 0.25) is 10.0 Å². The molecule has 120 valence electrons. The second kappa shape index (κ2) is 7.81. The highest BCUT2D eigenvalue weighted by Gasteiger charge is 2.25. The van der Waals surface area contributed by atoms with Crippen molar-refractivity contribution >= 4 is 35.0 Å². The van der Waals surface area contributed by atoms with Gasteiger partial charge in [0, 0.05) is 17.5 Å². The van der Waals surface area contributed by atoms with Crippen molar-refractivity contribution in [3.05, 3.63) is 33.8 Å². The number of hydrogen-bond donors (Lipinski definition) is 3. The number of halogens is 2. The number of hydrogen-bond acceptors (Lipinski definition) is 3. The Morgan fingerprint density at radius 3 is 2.64 bits per heavy atom. The third-order valence-corrected chi connectivity index (χ3v) is 4.31. The monoisotopic (exact) mass is 344 g/mol. The third kappa shape index (κ3) is 4.60. The van der Waals surface area contributed by atoms with Crippen molar-refractivity contribution < 1.29 is 14.7 Å². The Hall–Kier alpha value is -1.30. The molecule has 0 radical (unpaired) electrons. The lowest BCUT2D eigenvalue weighted by Gasteiger charge is -2.15. The zero-order valence-electron chi connectivity index (χ0n) is 11.9. The third-order valence-electron chi connectivity index (χ3n) is 3.77. The van der Waals surface area contributed by atoms with E-state index in [1.807, 2.05) is 0 Å². The van der Waals surface area contributed by atoms with Crippen LogP contribution in [0.4, 0.5) is 0 Å². The summed E-state index contributed by atoms with van der Waals surface area (Å²) in [5, 5.41) is 15.6. The van der Waals surface area contributed by atoms with E-state index < -0.39 is 5.91 Å². The van der Waals surface area contributed by atoms with Gasteiger partial charge in [0.25, 0.3) is 5.91 Å². The molecule has 1 saturated carbocycles. The molecule has 0 spiro atoms. The molecule has 7 heteroatoms. The maximum absolute atomic E-state index is 11.9. The fraction of sp³-hybridized carbons (Fsp3) is 0.467. The van der Waals surface area contributed by atoms with E-state index in [4.69, 9.17) is 23.2 Å². The van der Waals surface area contributed by atoms with Crippen LogP contribution in [0.15, 0.2) is 18.2 Å². The van der Waals surface area contributed by atoms with E-state index in [1.54, 1.807) is 6.07 Å². The predicted molar refractivity (Wildman–Crippen MR) is 85.2 cm³/mol. The van der Waals surface area contributed by atoms with Crippen LogP contribution in [0.3, 0.4) is 0 Å². The van der Waals surface area contributed by atoms with Gasteiger partial charge >= 0.3 is 0 Å². The van der Waals surface area contributed by atoms with Crippen LogP contribution in [0.5, 0.6) is 0 Å². The molecule has 0 aliphatic heterocycles. The highest BCUT2D eigenvalue weighted by molar-refractivity contribution is 6.36. The lowest BCUT2D eigenvalue weighted by Crippen LogP contribution is -2.40. The number of benzene rings is 1. The lowest BCUT2D eigenvalue weighted by atomic mass is 10.1. The van der Waals surface area contributed by atoms with Crippen molar-refractivity contribution in [1.29, 1.82) is 0 Å². The molecule has 2 amide bonds. The fourth-order valence-electron chi connectivity index (χ4n) is 2.49. The number of aliphatic hydroxyl groups excluding tert-OH is 1. The van der Waals surface area contributed by atoms with Crippen molar-refractivity contribution in [2.45, 2.75) is 25.4 Å². The maximum Gasteiger partial charge on any atom is 0.253 e. The summed E-state index contributed by atoms with van der Waals surface area (Å²) >= 11 is 11.7. The van der Waals surface area contributed by atoms with E-state index in [9.17, 15) is 14.7 Å². The summed E-state index contributed by atoms with van der Waals surface area (Å²) in [5.41, 5.74) is 0.269. The van der Waals surface area contributed by atoms with Gasteiger partial charge in [-0.15, -0.1) is 0 Å². The van der Waals surface area contributed by atoms with E-state index in [2.05, 4.69) is 10.6 Å². The van der Waals surface area contributed by atoms with Crippen LogP contribution in [-0.2, 0) is 4.79 Å². The first-order valence-electron chi connectivity index (χ1n) is 7.15. The highest BCUT2D eigenvalue weighted by atomic mass is 35.5. The molecule has 0 unspecified atom stereocenters. The number of aliphatic hydroxyl groups is 1. The molecule has 1 aliphatic rings. The van der Waals surface area contributed by atoms with Crippen LogP contribution in [0.1, 0.15) is 29.6 Å². The van der Waals surface area contributed by atoms with Crippen molar-refractivity contribution in [1.82, 2.24) is 10.6 Å². The van der Waals surface area contributed by atoms with Gasteiger partial charge in [-0.2, -0.15) is 0 Å². The van der Waals surface area contributed by atoms with Crippen LogP contribution < -0.4 is 10.6 Å². The topological polar surface area (TPSA) is 78.4 Å². The summed E-state index contributed by atoms with van der Waals surface area (Å²) in [6.07, 6.45) is 2.33. The summed E-state index contributed by atoms with van der Waals surface area (Å²) in [7, 11) is 0. The maximum atomic E-state index is 11.9. The van der Waals surface area contributed by atoms with Gasteiger partial charge in [0.1, 0.15) is 0 Å². The van der Waals surface area contributed by atoms with E-state index in [-0.39, 0.29) is 35.1 Å². The summed E-state index contributed by atoms with van der Waals surface area (Å²) in [6.45, 7) is 0.290. The Kier molecular flexibility index (Phi) is 6.06. The minimum Gasteiger partial charge on any atom is -0.393 e. The molecule has 22 heavy (non-hydrogen) atoms. The van der Waals surface area contributed by atoms with Crippen LogP contribution >= 0.6 is 23.2 Å². The molecule has 3 N–H and O–H groups in total. The molecule has 2 atom stereocenters. The molecule has 1 aromatic rings. The summed E-state index contributed by atoms with van der Waals surface area (Å²) < 4.78 is 0. The molecule has 0 aromatic heterocycles. The molecule has 1 aliphatic carbocycles. The average Bonchev–Trinajstić information content (AvgIpc) is 2.88. The van der Waals surface area contributed by atoms with Gasteiger partial charge < -0.3 is 15.7 Å². The van der Waals surface area contributed by atoms with E-state index >= 15 is 0 Å². The molecule has 0 bridgehead atoms. The molecule has 5 nitrogen and oxygen atoms in total. The first kappa shape index (κ1) is 17.1. The van der Waals surface area contributed by atoms with Crippen LogP contribution in [0, 0.1) is 5.92 Å². The second-order valence-corrected chi connectivity index (χ2v) is 6.21. The highest BCUT2D eigenvalue weighted by Crippen LogP contribution is 2.24. The summed E-state index contributed by atoms with van der Waals surface area (Å²) in [5.74, 6) is -0.624. The Balaban J connectivity index is 1.77. The number of carbonyl (C=O) groups is 2. The normalized spacial score (nSPS) is 20.7. The SMILES string of the molecule is O=C(CNC(=O)c1ccc(Cl)cc1Cl)NC[C@H]1CCC[C@@H]1O. The van der Waals surface area contributed by atoms with Gasteiger partial charge in [-0.25, -0.2) is 0 Å². The molecular formula is C15H18Cl2N2O3. The van der Waals surface area contributed by atoms with Crippen molar-refractivity contribution in [2.24, 2.45) is 5.92 Å². The predicted octanol–water partition coefficient (Wildman–Crippen LogP) is 2.00. The van der Waals surface area contributed by atoms with Crippen molar-refractivity contribution in [3.8, 4) is 0 Å². The minimum atomic E-state index is -0.433. The molecule has 0 saturated heterocycles. The van der Waals surface area contributed by atoms with Gasteiger partial charge in [-0.3, -0.25) is 9.59 Å². The minimum absolute atomic E-state index is 0.102. The first-order chi connectivity index (χ1) is 10.5. The smallest absolute Gasteiger partial charge is 0.253 e. The van der Waals surface area contributed by atoms with Crippen LogP contribution in [0.25, 0.3) is 0 Å². The Bertz CT molecular complexity index is 566. The van der Waals surface area contributed by atoms with E-state index in [0.29, 0.717) is 11.6 Å². The van der Waals surface area contributed by atoms with Gasteiger partial charge in [0.05, 0.1) is 23.2 Å². The number of nitrogens with one attached hydrogen (secondary N) is 2. The van der Waals surface area contributed by atoms with Gasteiger partial charge in [0.2, 0.25) is 5.91 Å². The van der Waals surface area contributed by atoms with Gasteiger partial charge in [0.15, 0.2) is 0 Å². The quantitative estimate of drug-likeness (QED) is 0.764. The molecular weight excluding hydrogens is 327 g/mol. The van der Waals surface area contributed by atoms with E-state index in [1.165, 1.54) is 12.1 Å². The Morgan fingerprint density at radius 2 is 2.00 bits per heavy atom. The first-order valence-corrected chi connectivity index (χ1v) is 7.91. The number of carbonyl (C=O) groups excluding carboxylic acids is 2. The Morgan fingerprint density at radius 1 is 1.23 bits per heavy atom. The van der Waals surface area contributed by atoms with Gasteiger partial charge in [-0.1, -0.05) is 29.6 Å². The Labute approximate surface area is 139 Å². The largest absolute Gasteiger partial charge is 0.393 e. The average molecular weight is 345 g/mol. The van der Waals surface area contributed by atoms with Crippen molar-refractivity contribution in [3.63, 3.8) is 0 Å². The lowest BCUT2D eigenvalue weighted by molar-refractivity contribution is -0.120. The molecule has 2 rings (SSSR count). The molecule has 1 aromatic carbocycles.